The van der Waals surface area contributed by atoms with Gasteiger partial charge in [0.1, 0.15) is 0 Å². The summed E-state index contributed by atoms with van der Waals surface area (Å²) in [5.41, 5.74) is 5.03. The minimum Gasteiger partial charge on any atom is -0.382 e. The molecule has 0 bridgehead atoms. The van der Waals surface area contributed by atoms with Crippen LogP contribution in [0.25, 0.3) is 0 Å². The van der Waals surface area contributed by atoms with Crippen molar-refractivity contribution >= 4 is 5.91 Å². The molecular formula is C50H101NO25. The first-order chi connectivity index (χ1) is 37.8. The summed E-state index contributed by atoms with van der Waals surface area (Å²) >= 11 is 0. The maximum absolute atomic E-state index is 10.6. The fourth-order valence-corrected chi connectivity index (χ4v) is 5.26. The third-order valence-electron chi connectivity index (χ3n) is 9.11. The quantitative estimate of drug-likeness (QED) is 0.0779. The Hall–Kier alpha value is -1.49. The van der Waals surface area contributed by atoms with E-state index in [0.717, 1.165) is 0 Å². The second-order valence-electron chi connectivity index (χ2n) is 15.3. The number of nitrogens with two attached hydrogens (primary N) is 1. The Morgan fingerprint density at radius 2 is 0.276 bits per heavy atom. The average Bonchev–Trinajstić information content (AvgIpc) is 3.42. The molecule has 0 saturated carbocycles. The molecule has 2 N–H and O–H groups in total. The average molecular weight is 1120 g/mol. The van der Waals surface area contributed by atoms with Gasteiger partial charge in [-0.3, -0.25) is 4.79 Å². The van der Waals surface area contributed by atoms with Crippen LogP contribution in [-0.4, -0.2) is 324 Å². The van der Waals surface area contributed by atoms with Crippen LogP contribution in [0, 0.1) is 0 Å². The first-order valence-electron chi connectivity index (χ1n) is 26.8. The molecule has 0 aromatic carbocycles. The smallest absolute Gasteiger partial charge is 0.219 e. The summed E-state index contributed by atoms with van der Waals surface area (Å²) in [4.78, 5) is 10.6. The lowest BCUT2D eigenvalue weighted by atomic mass is 10.4. The number of primary amides is 1. The van der Waals surface area contributed by atoms with Crippen LogP contribution in [-0.2, 0) is 118 Å². The number of carbonyl (C=O) groups is 1. The highest BCUT2D eigenvalue weighted by Crippen LogP contribution is 1.91. The number of ether oxygens (including phenoxy) is 24. The number of carbonyl (C=O) groups excluding carboxylic acids is 1. The zero-order valence-corrected chi connectivity index (χ0v) is 46.2. The molecule has 0 aliphatic carbocycles. The van der Waals surface area contributed by atoms with Crippen molar-refractivity contribution in [1.29, 1.82) is 0 Å². The molecule has 1 amide bonds. The molecule has 0 unspecified atom stereocenters. The molecule has 0 atom stereocenters. The lowest BCUT2D eigenvalue weighted by Gasteiger charge is -2.09. The van der Waals surface area contributed by atoms with Crippen molar-refractivity contribution in [3.8, 4) is 0 Å². The Bertz CT molecular complexity index is 1050. The fourth-order valence-electron chi connectivity index (χ4n) is 5.26. The minimum atomic E-state index is -0.379. The van der Waals surface area contributed by atoms with Gasteiger partial charge in [0.2, 0.25) is 5.91 Å². The third kappa shape index (κ3) is 72.5. The molecule has 26 heteroatoms. The fraction of sp³-hybridized carbons (Fsp3) is 0.980. The molecule has 0 rings (SSSR count). The Kier molecular flexibility index (Phi) is 70.1. The highest BCUT2D eigenvalue weighted by molar-refractivity contribution is 5.73. The molecule has 0 spiro atoms. The van der Waals surface area contributed by atoms with Gasteiger partial charge in [-0.15, -0.1) is 0 Å². The molecule has 0 aliphatic heterocycles. The first kappa shape index (κ1) is 74.5. The molecule has 456 valence electrons. The van der Waals surface area contributed by atoms with Crippen LogP contribution < -0.4 is 5.73 Å². The topological polar surface area (TPSA) is 265 Å². The summed E-state index contributed by atoms with van der Waals surface area (Å²) in [6.07, 6.45) is 0.213. The van der Waals surface area contributed by atoms with Crippen LogP contribution in [0.4, 0.5) is 0 Å². The largest absolute Gasteiger partial charge is 0.382 e. The second-order valence-corrected chi connectivity index (χ2v) is 15.3. The monoisotopic (exact) mass is 1120 g/mol. The highest BCUT2D eigenvalue weighted by atomic mass is 16.6. The van der Waals surface area contributed by atoms with Crippen LogP contribution in [0.2, 0.25) is 0 Å². The molecule has 0 heterocycles. The normalized spacial score (nSPS) is 11.7. The zero-order valence-electron chi connectivity index (χ0n) is 46.2. The van der Waals surface area contributed by atoms with Gasteiger partial charge in [0.25, 0.3) is 0 Å². The van der Waals surface area contributed by atoms with Gasteiger partial charge in [-0.25, -0.2) is 0 Å². The SMILES string of the molecule is COCCOCCOCCOCCOCCOCCOCCOCCOCCOCCOCCOCCOCCOCCOCCOCCOCCOCCOCCOCCOCCOCCOCCOCCC(N)=O. The summed E-state index contributed by atoms with van der Waals surface area (Å²) < 4.78 is 131. The third-order valence-corrected chi connectivity index (χ3v) is 9.11. The van der Waals surface area contributed by atoms with Crippen molar-refractivity contribution in [1.82, 2.24) is 0 Å². The molecule has 0 aromatic rings. The highest BCUT2D eigenvalue weighted by Gasteiger charge is 2.00. The van der Waals surface area contributed by atoms with E-state index in [-0.39, 0.29) is 12.3 Å². The van der Waals surface area contributed by atoms with Crippen LogP contribution in [0.15, 0.2) is 0 Å². The first-order valence-corrected chi connectivity index (χ1v) is 26.8. The van der Waals surface area contributed by atoms with Gasteiger partial charge in [0.05, 0.1) is 311 Å². The van der Waals surface area contributed by atoms with Crippen molar-refractivity contribution in [2.45, 2.75) is 6.42 Å². The van der Waals surface area contributed by atoms with Crippen molar-refractivity contribution in [3.05, 3.63) is 0 Å². The lowest BCUT2D eigenvalue weighted by molar-refractivity contribution is -0.119. The second kappa shape index (κ2) is 71.5. The van der Waals surface area contributed by atoms with Crippen LogP contribution in [0.5, 0.6) is 0 Å². The van der Waals surface area contributed by atoms with E-state index in [9.17, 15) is 4.79 Å². The van der Waals surface area contributed by atoms with E-state index >= 15 is 0 Å². The Morgan fingerprint density at radius 3 is 0.368 bits per heavy atom. The van der Waals surface area contributed by atoms with Crippen molar-refractivity contribution in [3.63, 3.8) is 0 Å². The number of rotatable bonds is 72. The summed E-state index contributed by atoms with van der Waals surface area (Å²) in [6, 6.07) is 0. The van der Waals surface area contributed by atoms with Gasteiger partial charge >= 0.3 is 0 Å². The van der Waals surface area contributed by atoms with Crippen LogP contribution in [0.3, 0.4) is 0 Å². The zero-order chi connectivity index (χ0) is 54.5. The maximum Gasteiger partial charge on any atom is 0.219 e. The van der Waals surface area contributed by atoms with Crippen molar-refractivity contribution < 1.29 is 118 Å². The molecule has 76 heavy (non-hydrogen) atoms. The molecule has 0 saturated heterocycles. The van der Waals surface area contributed by atoms with Gasteiger partial charge in [-0.2, -0.15) is 0 Å². The van der Waals surface area contributed by atoms with Gasteiger partial charge in [0, 0.05) is 13.5 Å². The van der Waals surface area contributed by atoms with E-state index in [1.807, 2.05) is 0 Å². The molecule has 0 radical (unpaired) electrons. The Labute approximate surface area is 453 Å². The van der Waals surface area contributed by atoms with Crippen LogP contribution in [0.1, 0.15) is 6.42 Å². The van der Waals surface area contributed by atoms with Crippen LogP contribution >= 0.6 is 0 Å². The minimum absolute atomic E-state index is 0.213. The molecule has 26 nitrogen and oxygen atoms in total. The van der Waals surface area contributed by atoms with E-state index in [0.29, 0.717) is 311 Å². The number of hydrogen-bond acceptors (Lipinski definition) is 25. The number of amides is 1. The summed E-state index contributed by atoms with van der Waals surface area (Å²) in [5.74, 6) is -0.379. The van der Waals surface area contributed by atoms with E-state index in [2.05, 4.69) is 0 Å². The summed E-state index contributed by atoms with van der Waals surface area (Å²) in [5, 5.41) is 0. The molecular weight excluding hydrogens is 1010 g/mol. The summed E-state index contributed by atoms with van der Waals surface area (Å²) in [7, 11) is 1.64. The molecule has 0 aromatic heterocycles. The predicted octanol–water partition coefficient (Wildman–Crippen LogP) is -0.110. The van der Waals surface area contributed by atoms with E-state index in [4.69, 9.17) is 119 Å². The standard InChI is InChI=1S/C50H101NO25/c1-53-4-5-55-8-9-57-12-13-59-16-17-61-20-21-63-24-25-65-28-29-67-32-33-69-36-37-71-40-41-73-44-45-75-48-49-76-47-46-74-43-42-72-39-38-70-35-34-68-31-30-66-27-26-64-23-22-62-19-18-60-15-14-58-11-10-56-7-6-54-3-2-50(51)52/h2-49H2,1H3,(H2,51,52). The molecule has 0 fully saturated rings. The predicted molar refractivity (Wildman–Crippen MR) is 275 cm³/mol. The lowest BCUT2D eigenvalue weighted by Crippen LogP contribution is -2.16. The van der Waals surface area contributed by atoms with Gasteiger partial charge in [-0.05, 0) is 0 Å². The van der Waals surface area contributed by atoms with Crippen molar-refractivity contribution in [2.75, 3.05) is 318 Å². The van der Waals surface area contributed by atoms with E-state index in [1.165, 1.54) is 0 Å². The maximum atomic E-state index is 10.6. The summed E-state index contributed by atoms with van der Waals surface area (Å²) in [6.45, 7) is 22.9. The Balaban J connectivity index is 3.08. The van der Waals surface area contributed by atoms with E-state index in [1.54, 1.807) is 7.11 Å². The van der Waals surface area contributed by atoms with Crippen molar-refractivity contribution in [2.24, 2.45) is 5.73 Å². The van der Waals surface area contributed by atoms with Gasteiger partial charge < -0.3 is 119 Å². The van der Waals surface area contributed by atoms with Gasteiger partial charge in [-0.1, -0.05) is 0 Å². The van der Waals surface area contributed by atoms with Gasteiger partial charge in [0.15, 0.2) is 0 Å². The van der Waals surface area contributed by atoms with E-state index < -0.39 is 0 Å². The number of methoxy groups -OCH3 is 1. The molecule has 0 aliphatic rings. The number of hydrogen-bond donors (Lipinski definition) is 1. The Morgan fingerprint density at radius 1 is 0.184 bits per heavy atom.